The first kappa shape index (κ1) is 19.7. The van der Waals surface area contributed by atoms with Crippen molar-refractivity contribution < 1.29 is 4.57 Å². The summed E-state index contributed by atoms with van der Waals surface area (Å²) in [5.41, 5.74) is 10.9. The van der Waals surface area contributed by atoms with Crippen LogP contribution in [0, 0.1) is 20.8 Å². The van der Waals surface area contributed by atoms with Crippen LogP contribution in [0.1, 0.15) is 16.7 Å². The van der Waals surface area contributed by atoms with E-state index in [0.717, 1.165) is 11.3 Å². The Morgan fingerprint density at radius 2 is 1.48 bits per heavy atom. The lowest BCUT2D eigenvalue weighted by molar-refractivity contribution is -0.633. The van der Waals surface area contributed by atoms with Crippen LogP contribution in [0.2, 0.25) is 0 Å². The summed E-state index contributed by atoms with van der Waals surface area (Å²) in [6.45, 7) is 6.60. The number of fused-ring (bicyclic) bond motifs is 4. The van der Waals surface area contributed by atoms with E-state index in [1.54, 1.807) is 0 Å². The van der Waals surface area contributed by atoms with Crippen molar-refractivity contribution in [3.63, 3.8) is 0 Å². The van der Waals surface area contributed by atoms with E-state index in [2.05, 4.69) is 110 Å². The van der Waals surface area contributed by atoms with Crippen LogP contribution in [0.5, 0.6) is 0 Å². The van der Waals surface area contributed by atoms with Crippen LogP contribution in [0.4, 0.5) is 0 Å². The Morgan fingerprint density at radius 1 is 0.758 bits per heavy atom. The maximum absolute atomic E-state index is 4.83. The van der Waals surface area contributed by atoms with E-state index in [-0.39, 0.29) is 0 Å². The highest BCUT2D eigenvalue weighted by Gasteiger charge is 2.23. The Kier molecular flexibility index (Phi) is 4.34. The standard InChI is InChI=1S/C30H26N3/c1-19-16-20(2)21(3)25(17-19)28-18-29(24-11-6-7-13-26(24)32(28)4)33-27-14-8-5-10-22(27)23-12-9-15-31-30(23)33/h5-18H,1-4H3/q+1. The molecule has 0 fully saturated rings. The summed E-state index contributed by atoms with van der Waals surface area (Å²) >= 11 is 0. The molecule has 3 heteroatoms. The van der Waals surface area contributed by atoms with Gasteiger partial charge in [0.25, 0.3) is 0 Å². The SMILES string of the molecule is Cc1cc(C)c(C)c(-c2cc(-n3c4ccccc4c4cccnc43)c3ccccc3[n+]2C)c1. The van der Waals surface area contributed by atoms with E-state index in [0.29, 0.717) is 0 Å². The van der Waals surface area contributed by atoms with Crippen LogP contribution in [0.3, 0.4) is 0 Å². The zero-order valence-corrected chi connectivity index (χ0v) is 19.4. The molecule has 0 atom stereocenters. The average molecular weight is 429 g/mol. The van der Waals surface area contributed by atoms with Crippen LogP contribution in [-0.4, -0.2) is 9.55 Å². The minimum Gasteiger partial charge on any atom is -0.293 e. The molecular weight excluding hydrogens is 402 g/mol. The summed E-state index contributed by atoms with van der Waals surface area (Å²) in [6.07, 6.45) is 1.89. The van der Waals surface area contributed by atoms with Gasteiger partial charge in [-0.25, -0.2) is 4.98 Å². The van der Waals surface area contributed by atoms with E-state index in [1.807, 2.05) is 12.3 Å². The first-order chi connectivity index (χ1) is 16.0. The van der Waals surface area contributed by atoms with Gasteiger partial charge in [0.05, 0.1) is 16.6 Å². The second kappa shape index (κ2) is 7.28. The van der Waals surface area contributed by atoms with E-state index in [1.165, 1.54) is 55.1 Å². The fourth-order valence-corrected chi connectivity index (χ4v) is 5.21. The number of hydrogen-bond acceptors (Lipinski definition) is 1. The molecule has 0 radical (unpaired) electrons. The fourth-order valence-electron chi connectivity index (χ4n) is 5.21. The second-order valence-corrected chi connectivity index (χ2v) is 8.97. The molecule has 3 heterocycles. The third-order valence-corrected chi connectivity index (χ3v) is 6.94. The summed E-state index contributed by atoms with van der Waals surface area (Å²) in [5.74, 6) is 0. The fraction of sp³-hybridized carbons (Fsp3) is 0.133. The molecule has 33 heavy (non-hydrogen) atoms. The van der Waals surface area contributed by atoms with Gasteiger partial charge < -0.3 is 0 Å². The van der Waals surface area contributed by atoms with Gasteiger partial charge in [0.15, 0.2) is 0 Å². The van der Waals surface area contributed by atoms with Crippen molar-refractivity contribution in [1.82, 2.24) is 9.55 Å². The molecule has 0 aliphatic heterocycles. The monoisotopic (exact) mass is 428 g/mol. The van der Waals surface area contributed by atoms with Gasteiger partial charge in [-0.3, -0.25) is 4.57 Å². The minimum atomic E-state index is 0.987. The van der Waals surface area contributed by atoms with Crippen LogP contribution in [-0.2, 0) is 7.05 Å². The van der Waals surface area contributed by atoms with Crippen LogP contribution in [0.25, 0.3) is 49.8 Å². The molecule has 0 N–H and O–H groups in total. The molecule has 0 aliphatic carbocycles. The molecule has 0 aliphatic rings. The zero-order chi connectivity index (χ0) is 22.7. The second-order valence-electron chi connectivity index (χ2n) is 8.97. The molecule has 3 aromatic heterocycles. The highest BCUT2D eigenvalue weighted by Crippen LogP contribution is 2.35. The molecular formula is C30H26N3+. The lowest BCUT2D eigenvalue weighted by atomic mass is 9.96. The van der Waals surface area contributed by atoms with E-state index >= 15 is 0 Å². The van der Waals surface area contributed by atoms with Crippen molar-refractivity contribution in [2.24, 2.45) is 7.05 Å². The summed E-state index contributed by atoms with van der Waals surface area (Å²) in [5, 5.41) is 3.61. The van der Waals surface area contributed by atoms with Gasteiger partial charge in [-0.05, 0) is 62.2 Å². The minimum absolute atomic E-state index is 0.987. The number of nitrogens with zero attached hydrogens (tertiary/aromatic N) is 3. The van der Waals surface area contributed by atoms with Gasteiger partial charge in [-0.1, -0.05) is 42.0 Å². The quantitative estimate of drug-likeness (QED) is 0.280. The molecule has 160 valence electrons. The third-order valence-electron chi connectivity index (χ3n) is 6.94. The van der Waals surface area contributed by atoms with Crippen molar-refractivity contribution in [2.45, 2.75) is 20.8 Å². The normalized spacial score (nSPS) is 11.6. The number of pyridine rings is 2. The van der Waals surface area contributed by atoms with Crippen LogP contribution in [0.15, 0.2) is 85.1 Å². The molecule has 0 unspecified atom stereocenters. The van der Waals surface area contributed by atoms with Gasteiger partial charge in [0.1, 0.15) is 12.7 Å². The van der Waals surface area contributed by atoms with Crippen molar-refractivity contribution >= 4 is 32.8 Å². The molecule has 3 aromatic carbocycles. The molecule has 6 rings (SSSR count). The number of aryl methyl sites for hydroxylation is 3. The number of para-hydroxylation sites is 2. The third kappa shape index (κ3) is 2.89. The highest BCUT2D eigenvalue weighted by molar-refractivity contribution is 6.09. The molecule has 0 bridgehead atoms. The lowest BCUT2D eigenvalue weighted by Crippen LogP contribution is -2.33. The number of benzene rings is 3. The average Bonchev–Trinajstić information content (AvgIpc) is 3.17. The number of aromatic nitrogens is 3. The highest BCUT2D eigenvalue weighted by atomic mass is 15.1. The van der Waals surface area contributed by atoms with Crippen molar-refractivity contribution in [3.05, 3.63) is 102 Å². The van der Waals surface area contributed by atoms with Crippen molar-refractivity contribution in [2.75, 3.05) is 0 Å². The van der Waals surface area contributed by atoms with Crippen LogP contribution < -0.4 is 4.57 Å². The molecule has 6 aromatic rings. The van der Waals surface area contributed by atoms with Crippen molar-refractivity contribution in [3.8, 4) is 16.9 Å². The summed E-state index contributed by atoms with van der Waals surface area (Å²) in [4.78, 5) is 4.83. The first-order valence-electron chi connectivity index (χ1n) is 11.4. The summed E-state index contributed by atoms with van der Waals surface area (Å²) < 4.78 is 4.65. The van der Waals surface area contributed by atoms with E-state index in [9.17, 15) is 0 Å². The summed E-state index contributed by atoms with van der Waals surface area (Å²) in [7, 11) is 2.17. The van der Waals surface area contributed by atoms with Gasteiger partial charge in [-0.15, -0.1) is 0 Å². The van der Waals surface area contributed by atoms with Crippen molar-refractivity contribution in [1.29, 1.82) is 0 Å². The Hall–Kier alpha value is -3.98. The Balaban J connectivity index is 1.80. The molecule has 3 nitrogen and oxygen atoms in total. The Morgan fingerprint density at radius 3 is 2.33 bits per heavy atom. The molecule has 0 saturated carbocycles. The zero-order valence-electron chi connectivity index (χ0n) is 19.4. The number of hydrogen-bond donors (Lipinski definition) is 0. The largest absolute Gasteiger partial charge is 0.293 e. The predicted molar refractivity (Wildman–Crippen MR) is 137 cm³/mol. The number of rotatable bonds is 2. The lowest BCUT2D eigenvalue weighted by Gasteiger charge is -2.14. The summed E-state index contributed by atoms with van der Waals surface area (Å²) in [6, 6.07) is 28.4. The van der Waals surface area contributed by atoms with Gasteiger partial charge >= 0.3 is 0 Å². The molecule has 0 saturated heterocycles. The molecule has 0 spiro atoms. The smallest absolute Gasteiger partial charge is 0.215 e. The van der Waals surface area contributed by atoms with Gasteiger partial charge in [-0.2, -0.15) is 4.57 Å². The van der Waals surface area contributed by atoms with Gasteiger partial charge in [0, 0.05) is 34.7 Å². The first-order valence-corrected chi connectivity index (χ1v) is 11.4. The predicted octanol–water partition coefficient (Wildman–Crippen LogP) is 6.75. The van der Waals surface area contributed by atoms with E-state index < -0.39 is 0 Å². The maximum Gasteiger partial charge on any atom is 0.215 e. The molecule has 0 amide bonds. The topological polar surface area (TPSA) is 21.7 Å². The Bertz CT molecular complexity index is 1650. The maximum atomic E-state index is 4.83. The van der Waals surface area contributed by atoms with Gasteiger partial charge in [0.2, 0.25) is 11.2 Å². The Labute approximate surface area is 193 Å². The van der Waals surface area contributed by atoms with E-state index in [4.69, 9.17) is 4.98 Å². The van der Waals surface area contributed by atoms with Crippen LogP contribution >= 0.6 is 0 Å².